The molecule has 108 valence electrons. The van der Waals surface area contributed by atoms with Gasteiger partial charge in [-0.05, 0) is 20.8 Å². The van der Waals surface area contributed by atoms with Crippen molar-refractivity contribution in [3.63, 3.8) is 0 Å². The van der Waals surface area contributed by atoms with E-state index < -0.39 is 0 Å². The SMILES string of the molecule is CC(O)CN1CN(CC(C)O)CN(CC(C)O)C1. The number of hydrogen-bond donors (Lipinski definition) is 3. The molecule has 3 atom stereocenters. The lowest BCUT2D eigenvalue weighted by atomic mass is 10.3. The molecule has 1 heterocycles. The minimum atomic E-state index is -0.370. The normalized spacial score (nSPS) is 25.0. The van der Waals surface area contributed by atoms with E-state index in [2.05, 4.69) is 14.7 Å². The van der Waals surface area contributed by atoms with Gasteiger partial charge in [-0.3, -0.25) is 14.7 Å². The number of hydrogen-bond acceptors (Lipinski definition) is 6. The van der Waals surface area contributed by atoms with E-state index in [9.17, 15) is 15.3 Å². The molecule has 3 unspecified atom stereocenters. The maximum Gasteiger partial charge on any atom is 0.0640 e. The molecule has 0 spiro atoms. The fourth-order valence-corrected chi connectivity index (χ4v) is 2.45. The molecule has 1 fully saturated rings. The Bertz CT molecular complexity index is 193. The predicted octanol–water partition coefficient (Wildman–Crippen LogP) is -1.08. The Morgan fingerprint density at radius 3 is 1.06 bits per heavy atom. The van der Waals surface area contributed by atoms with Gasteiger partial charge in [0.2, 0.25) is 0 Å². The predicted molar refractivity (Wildman–Crippen MR) is 69.8 cm³/mol. The Balaban J connectivity index is 2.54. The Morgan fingerprint density at radius 1 is 0.667 bits per heavy atom. The second kappa shape index (κ2) is 7.37. The summed E-state index contributed by atoms with van der Waals surface area (Å²) in [6.45, 7) is 9.35. The Morgan fingerprint density at radius 2 is 0.889 bits per heavy atom. The highest BCUT2D eigenvalue weighted by atomic mass is 16.3. The molecule has 6 heteroatoms. The van der Waals surface area contributed by atoms with Gasteiger partial charge in [0, 0.05) is 19.6 Å². The summed E-state index contributed by atoms with van der Waals surface area (Å²) < 4.78 is 0. The second-order valence-electron chi connectivity index (χ2n) is 5.53. The summed E-state index contributed by atoms with van der Waals surface area (Å²) in [5.74, 6) is 0. The van der Waals surface area contributed by atoms with Crippen LogP contribution in [0.4, 0.5) is 0 Å². The van der Waals surface area contributed by atoms with Crippen LogP contribution < -0.4 is 0 Å². The van der Waals surface area contributed by atoms with E-state index in [1.165, 1.54) is 0 Å². The van der Waals surface area contributed by atoms with Crippen LogP contribution in [0.15, 0.2) is 0 Å². The van der Waals surface area contributed by atoms with Gasteiger partial charge in [-0.15, -0.1) is 0 Å². The first-order valence-electron chi connectivity index (χ1n) is 6.58. The monoisotopic (exact) mass is 261 g/mol. The summed E-state index contributed by atoms with van der Waals surface area (Å²) >= 11 is 0. The lowest BCUT2D eigenvalue weighted by Crippen LogP contribution is -2.58. The van der Waals surface area contributed by atoms with Crippen LogP contribution in [0.1, 0.15) is 20.8 Å². The molecular weight excluding hydrogens is 234 g/mol. The highest BCUT2D eigenvalue weighted by molar-refractivity contribution is 4.73. The number of nitrogens with zero attached hydrogens (tertiary/aromatic N) is 3. The summed E-state index contributed by atoms with van der Waals surface area (Å²) in [6.07, 6.45) is -1.11. The van der Waals surface area contributed by atoms with Crippen molar-refractivity contribution in [2.45, 2.75) is 39.1 Å². The van der Waals surface area contributed by atoms with Crippen LogP contribution in [0, 0.1) is 0 Å². The van der Waals surface area contributed by atoms with Crippen LogP contribution in [0.25, 0.3) is 0 Å². The largest absolute Gasteiger partial charge is 0.392 e. The first-order chi connectivity index (χ1) is 8.36. The summed E-state index contributed by atoms with van der Waals surface area (Å²) in [6, 6.07) is 0. The summed E-state index contributed by atoms with van der Waals surface area (Å²) in [5.41, 5.74) is 0. The molecule has 18 heavy (non-hydrogen) atoms. The third kappa shape index (κ3) is 6.08. The first-order valence-corrected chi connectivity index (χ1v) is 6.58. The smallest absolute Gasteiger partial charge is 0.0640 e. The molecule has 0 aliphatic carbocycles. The number of rotatable bonds is 6. The summed E-state index contributed by atoms with van der Waals surface area (Å²) in [7, 11) is 0. The molecule has 1 aliphatic heterocycles. The zero-order valence-corrected chi connectivity index (χ0v) is 11.7. The van der Waals surface area contributed by atoms with E-state index >= 15 is 0 Å². The standard InChI is InChI=1S/C12H27N3O3/c1-10(16)4-13-7-14(5-11(2)17)9-15(8-13)6-12(3)18/h10-12,16-18H,4-9H2,1-3H3. The average molecular weight is 261 g/mol. The van der Waals surface area contributed by atoms with Crippen LogP contribution in [-0.2, 0) is 0 Å². The molecule has 0 saturated carbocycles. The van der Waals surface area contributed by atoms with E-state index in [1.54, 1.807) is 20.8 Å². The molecule has 3 N–H and O–H groups in total. The molecular formula is C12H27N3O3. The second-order valence-corrected chi connectivity index (χ2v) is 5.53. The minimum Gasteiger partial charge on any atom is -0.392 e. The molecule has 0 aromatic rings. The number of aliphatic hydroxyl groups is 3. The van der Waals surface area contributed by atoms with Gasteiger partial charge >= 0.3 is 0 Å². The van der Waals surface area contributed by atoms with E-state index in [-0.39, 0.29) is 18.3 Å². The summed E-state index contributed by atoms with van der Waals surface area (Å²) in [4.78, 5) is 6.37. The van der Waals surface area contributed by atoms with Gasteiger partial charge in [-0.2, -0.15) is 0 Å². The fourth-order valence-electron chi connectivity index (χ4n) is 2.45. The van der Waals surface area contributed by atoms with Crippen molar-refractivity contribution in [1.82, 2.24) is 14.7 Å². The maximum atomic E-state index is 9.46. The third-order valence-electron chi connectivity index (χ3n) is 2.77. The van der Waals surface area contributed by atoms with Crippen molar-refractivity contribution >= 4 is 0 Å². The number of β-amino-alcohol motifs (C(OH)–C–C–N with tert-alkyl or cyclic N) is 3. The van der Waals surface area contributed by atoms with Crippen molar-refractivity contribution in [2.24, 2.45) is 0 Å². The van der Waals surface area contributed by atoms with Gasteiger partial charge in [0.25, 0.3) is 0 Å². The Hall–Kier alpha value is -0.240. The van der Waals surface area contributed by atoms with Gasteiger partial charge in [0.05, 0.1) is 38.3 Å². The third-order valence-corrected chi connectivity index (χ3v) is 2.77. The van der Waals surface area contributed by atoms with Crippen LogP contribution >= 0.6 is 0 Å². The number of aliphatic hydroxyl groups excluding tert-OH is 3. The Labute approximate surface area is 109 Å². The first kappa shape index (κ1) is 15.8. The van der Waals surface area contributed by atoms with Crippen LogP contribution in [0.3, 0.4) is 0 Å². The van der Waals surface area contributed by atoms with Crippen LogP contribution in [-0.4, -0.2) is 88.0 Å². The maximum absolute atomic E-state index is 9.46. The Kier molecular flexibility index (Phi) is 6.48. The molecule has 0 amide bonds. The summed E-state index contributed by atoms with van der Waals surface area (Å²) in [5, 5.41) is 28.4. The molecule has 6 nitrogen and oxygen atoms in total. The molecule has 1 saturated heterocycles. The van der Waals surface area contributed by atoms with E-state index in [0.717, 1.165) is 20.0 Å². The minimum absolute atomic E-state index is 0.370. The van der Waals surface area contributed by atoms with Crippen molar-refractivity contribution < 1.29 is 15.3 Å². The van der Waals surface area contributed by atoms with E-state index in [4.69, 9.17) is 0 Å². The molecule has 1 rings (SSSR count). The molecule has 1 aliphatic rings. The van der Waals surface area contributed by atoms with Crippen LogP contribution in [0.5, 0.6) is 0 Å². The van der Waals surface area contributed by atoms with Crippen molar-refractivity contribution in [2.75, 3.05) is 39.6 Å². The topological polar surface area (TPSA) is 70.4 Å². The quantitative estimate of drug-likeness (QED) is 0.565. The van der Waals surface area contributed by atoms with Gasteiger partial charge in [-0.1, -0.05) is 0 Å². The van der Waals surface area contributed by atoms with Gasteiger partial charge in [-0.25, -0.2) is 0 Å². The van der Waals surface area contributed by atoms with E-state index in [0.29, 0.717) is 19.6 Å². The lowest BCUT2D eigenvalue weighted by Gasteiger charge is -2.43. The van der Waals surface area contributed by atoms with Gasteiger partial charge in [0.1, 0.15) is 0 Å². The van der Waals surface area contributed by atoms with E-state index in [1.807, 2.05) is 0 Å². The molecule has 0 radical (unpaired) electrons. The van der Waals surface area contributed by atoms with Crippen molar-refractivity contribution in [3.05, 3.63) is 0 Å². The van der Waals surface area contributed by atoms with Gasteiger partial charge < -0.3 is 15.3 Å². The molecule has 0 bridgehead atoms. The van der Waals surface area contributed by atoms with Gasteiger partial charge in [0.15, 0.2) is 0 Å². The fraction of sp³-hybridized carbons (Fsp3) is 1.00. The highest BCUT2D eigenvalue weighted by Crippen LogP contribution is 2.09. The molecule has 0 aromatic carbocycles. The highest BCUT2D eigenvalue weighted by Gasteiger charge is 2.25. The zero-order valence-electron chi connectivity index (χ0n) is 11.7. The average Bonchev–Trinajstić information content (AvgIpc) is 2.12. The van der Waals surface area contributed by atoms with Crippen LogP contribution in [0.2, 0.25) is 0 Å². The van der Waals surface area contributed by atoms with Crippen molar-refractivity contribution in [3.8, 4) is 0 Å². The molecule has 0 aromatic heterocycles. The zero-order chi connectivity index (χ0) is 13.7. The lowest BCUT2D eigenvalue weighted by molar-refractivity contribution is -0.0665. The van der Waals surface area contributed by atoms with Crippen molar-refractivity contribution in [1.29, 1.82) is 0 Å².